The number of rotatable bonds is 7. The molecule has 2 saturated heterocycles. The second-order valence-electron chi connectivity index (χ2n) is 5.92. The van der Waals surface area contributed by atoms with Crippen molar-refractivity contribution in [2.24, 2.45) is 5.11 Å². The first-order chi connectivity index (χ1) is 12.8. The summed E-state index contributed by atoms with van der Waals surface area (Å²) in [6.45, 7) is -0.732. The van der Waals surface area contributed by atoms with Crippen LogP contribution in [0.1, 0.15) is 0 Å². The van der Waals surface area contributed by atoms with Gasteiger partial charge in [0.25, 0.3) is 0 Å². The third-order valence-electron chi connectivity index (χ3n) is 4.07. The quantitative estimate of drug-likeness (QED) is 0.108. The third kappa shape index (κ3) is 5.03. The summed E-state index contributed by atoms with van der Waals surface area (Å²) in [5, 5.41) is 61.9. The molecule has 9 atom stereocenters. The summed E-state index contributed by atoms with van der Waals surface area (Å²) in [5.74, 6) is -1.56. The van der Waals surface area contributed by atoms with Gasteiger partial charge in [0.15, 0.2) is 18.7 Å². The van der Waals surface area contributed by atoms with Crippen molar-refractivity contribution in [3.63, 3.8) is 0 Å². The van der Waals surface area contributed by atoms with E-state index < -0.39 is 67.9 Å². The minimum Gasteiger partial charge on any atom is -0.479 e. The van der Waals surface area contributed by atoms with Crippen molar-refractivity contribution < 1.29 is 54.4 Å². The number of aliphatic hydroxyl groups is 5. The van der Waals surface area contributed by atoms with E-state index in [-0.39, 0.29) is 13.2 Å². The molecule has 0 aromatic carbocycles. The molecule has 6 N–H and O–H groups in total. The number of nitrogens with zero attached hydrogens (tertiary/aromatic N) is 3. The second-order valence-corrected chi connectivity index (χ2v) is 5.92. The van der Waals surface area contributed by atoms with Gasteiger partial charge in [-0.3, -0.25) is 0 Å². The number of ether oxygens (including phenoxy) is 4. The molecule has 2 aliphatic heterocycles. The molecule has 0 aromatic rings. The topological polar surface area (TPSA) is 224 Å². The van der Waals surface area contributed by atoms with Crippen LogP contribution in [-0.4, -0.2) is 112 Å². The van der Waals surface area contributed by atoms with E-state index in [4.69, 9.17) is 24.5 Å². The summed E-state index contributed by atoms with van der Waals surface area (Å²) in [4.78, 5) is 13.8. The summed E-state index contributed by atoms with van der Waals surface area (Å²) in [7, 11) is 0. The van der Waals surface area contributed by atoms with Crippen molar-refractivity contribution in [2.75, 3.05) is 19.8 Å². The molecule has 2 heterocycles. The van der Waals surface area contributed by atoms with Crippen LogP contribution in [0.2, 0.25) is 0 Å². The molecule has 2 fully saturated rings. The third-order valence-corrected chi connectivity index (χ3v) is 4.07. The van der Waals surface area contributed by atoms with Crippen LogP contribution in [0.4, 0.5) is 0 Å². The normalized spacial score (nSPS) is 42.3. The molecule has 27 heavy (non-hydrogen) atoms. The van der Waals surface area contributed by atoms with Crippen LogP contribution in [0.5, 0.6) is 0 Å². The summed E-state index contributed by atoms with van der Waals surface area (Å²) >= 11 is 0. The predicted molar refractivity (Wildman–Crippen MR) is 80.9 cm³/mol. The fraction of sp³-hybridized carbons (Fsp3) is 0.923. The van der Waals surface area contributed by atoms with E-state index in [2.05, 4.69) is 10.0 Å². The van der Waals surface area contributed by atoms with E-state index in [1.165, 1.54) is 0 Å². The first kappa shape index (κ1) is 21.7. The SMILES string of the molecule is [N-]=[N+]=NCCO[C@@H]1OC(C(=O)O)[C@@H](O)[C@H](O[C@H]2OC[C@@H](O)[C@H](O)C2O)C1O. The molecule has 2 aliphatic rings. The van der Waals surface area contributed by atoms with Gasteiger partial charge in [0, 0.05) is 11.5 Å². The Morgan fingerprint density at radius 1 is 1.11 bits per heavy atom. The number of carboxylic acids is 1. The van der Waals surface area contributed by atoms with Crippen LogP contribution in [-0.2, 0) is 23.7 Å². The number of aliphatic hydroxyl groups excluding tert-OH is 5. The van der Waals surface area contributed by atoms with Gasteiger partial charge in [0.1, 0.15) is 36.6 Å². The van der Waals surface area contributed by atoms with Gasteiger partial charge in [-0.15, -0.1) is 0 Å². The number of carbonyl (C=O) groups is 1. The number of hydrogen-bond donors (Lipinski definition) is 6. The van der Waals surface area contributed by atoms with Crippen LogP contribution in [0, 0.1) is 0 Å². The van der Waals surface area contributed by atoms with Gasteiger partial charge in [-0.1, -0.05) is 5.11 Å². The van der Waals surface area contributed by atoms with E-state index in [0.717, 1.165) is 0 Å². The molecule has 14 heteroatoms. The Labute approximate surface area is 152 Å². The Morgan fingerprint density at radius 3 is 2.44 bits per heavy atom. The average molecular weight is 395 g/mol. The molecule has 14 nitrogen and oxygen atoms in total. The van der Waals surface area contributed by atoms with E-state index >= 15 is 0 Å². The lowest BCUT2D eigenvalue weighted by Crippen LogP contribution is -2.64. The van der Waals surface area contributed by atoms with Crippen molar-refractivity contribution in [2.45, 2.75) is 55.3 Å². The number of azide groups is 1. The number of aliphatic carboxylic acids is 1. The van der Waals surface area contributed by atoms with E-state index in [1.807, 2.05) is 0 Å². The second kappa shape index (κ2) is 9.57. The van der Waals surface area contributed by atoms with Gasteiger partial charge in [-0.2, -0.15) is 0 Å². The summed E-state index contributed by atoms with van der Waals surface area (Å²) < 4.78 is 20.4. The Balaban J connectivity index is 2.10. The minimum absolute atomic E-state index is 0.122. The largest absolute Gasteiger partial charge is 0.479 e. The van der Waals surface area contributed by atoms with Crippen LogP contribution in [0.15, 0.2) is 5.11 Å². The monoisotopic (exact) mass is 395 g/mol. The van der Waals surface area contributed by atoms with Crippen LogP contribution >= 0.6 is 0 Å². The van der Waals surface area contributed by atoms with Gasteiger partial charge in [-0.25, -0.2) is 4.79 Å². The maximum absolute atomic E-state index is 11.3. The Hall–Kier alpha value is -1.58. The molecule has 154 valence electrons. The van der Waals surface area contributed by atoms with E-state index in [9.17, 15) is 35.4 Å². The summed E-state index contributed by atoms with van der Waals surface area (Å²) in [6.07, 6.45) is -14.8. The van der Waals surface area contributed by atoms with Gasteiger partial charge in [-0.05, 0) is 5.53 Å². The minimum atomic E-state index is -1.87. The zero-order chi connectivity index (χ0) is 20.1. The Bertz CT molecular complexity index is 560. The van der Waals surface area contributed by atoms with Gasteiger partial charge >= 0.3 is 5.97 Å². The lowest BCUT2D eigenvalue weighted by atomic mass is 9.98. The van der Waals surface area contributed by atoms with E-state index in [0.29, 0.717) is 0 Å². The van der Waals surface area contributed by atoms with Gasteiger partial charge in [0.05, 0.1) is 13.2 Å². The van der Waals surface area contributed by atoms with Crippen LogP contribution in [0.25, 0.3) is 10.4 Å². The lowest BCUT2D eigenvalue weighted by molar-refractivity contribution is -0.344. The first-order valence-electron chi connectivity index (χ1n) is 7.96. The molecule has 0 amide bonds. The lowest BCUT2D eigenvalue weighted by Gasteiger charge is -2.43. The molecule has 0 spiro atoms. The first-order valence-corrected chi connectivity index (χ1v) is 7.96. The van der Waals surface area contributed by atoms with Gasteiger partial charge in [0.2, 0.25) is 0 Å². The maximum atomic E-state index is 11.3. The molecule has 3 unspecified atom stereocenters. The van der Waals surface area contributed by atoms with Gasteiger partial charge < -0.3 is 49.6 Å². The highest BCUT2D eigenvalue weighted by Crippen LogP contribution is 2.28. The predicted octanol–water partition coefficient (Wildman–Crippen LogP) is -3.33. The molecule has 0 aliphatic carbocycles. The molecule has 0 radical (unpaired) electrons. The Kier molecular flexibility index (Phi) is 7.69. The zero-order valence-electron chi connectivity index (χ0n) is 13.9. The van der Waals surface area contributed by atoms with Crippen molar-refractivity contribution in [3.8, 4) is 0 Å². The fourth-order valence-electron chi connectivity index (χ4n) is 2.65. The summed E-state index contributed by atoms with van der Waals surface area (Å²) in [6, 6.07) is 0. The molecular formula is C13H21N3O11. The summed E-state index contributed by atoms with van der Waals surface area (Å²) in [5.41, 5.74) is 8.21. The molecule has 0 aromatic heterocycles. The molecule has 0 bridgehead atoms. The average Bonchev–Trinajstić information content (AvgIpc) is 2.63. The molecular weight excluding hydrogens is 374 g/mol. The van der Waals surface area contributed by atoms with E-state index in [1.54, 1.807) is 0 Å². The van der Waals surface area contributed by atoms with Crippen molar-refractivity contribution in [3.05, 3.63) is 10.4 Å². The van der Waals surface area contributed by atoms with Crippen molar-refractivity contribution in [1.29, 1.82) is 0 Å². The molecule has 2 rings (SSSR count). The molecule has 0 saturated carbocycles. The van der Waals surface area contributed by atoms with Crippen molar-refractivity contribution >= 4 is 5.97 Å². The van der Waals surface area contributed by atoms with Crippen molar-refractivity contribution in [1.82, 2.24) is 0 Å². The zero-order valence-corrected chi connectivity index (χ0v) is 13.9. The highest BCUT2D eigenvalue weighted by atomic mass is 16.7. The standard InChI is InChI=1S/C13H21N3O11/c14-16-15-1-2-24-13-8(21)9(7(20)10(27-13)11(22)23)26-12-6(19)5(18)4(17)3-25-12/h4-10,12-13,17-21H,1-3H2,(H,22,23)/t4-,5+,6?,7+,8?,9+,10?,12-,13-/m1/s1. The number of carboxylic acid groups (broad SMARTS) is 1. The maximum Gasteiger partial charge on any atom is 0.335 e. The number of hydrogen-bond acceptors (Lipinski definition) is 11. The smallest absolute Gasteiger partial charge is 0.335 e. The van der Waals surface area contributed by atoms with Crippen LogP contribution < -0.4 is 0 Å². The highest BCUT2D eigenvalue weighted by molar-refractivity contribution is 5.73. The van der Waals surface area contributed by atoms with Crippen LogP contribution in [0.3, 0.4) is 0 Å². The highest BCUT2D eigenvalue weighted by Gasteiger charge is 2.51. The fourth-order valence-corrected chi connectivity index (χ4v) is 2.65. The Morgan fingerprint density at radius 2 is 1.81 bits per heavy atom.